The Labute approximate surface area is 125 Å². The number of nitro benzene ring substituents is 1. The number of nitro groups is 1. The van der Waals surface area contributed by atoms with Crippen LogP contribution in [-0.4, -0.2) is 13.3 Å². The molecule has 0 saturated carbocycles. The van der Waals surface area contributed by atoms with Crippen molar-refractivity contribution in [2.24, 2.45) is 0 Å². The van der Waals surface area contributed by atoms with Gasteiger partial charge in [0.2, 0.25) is 0 Å². The number of rotatable bonds is 5. The average Bonchev–Trinajstić information content (AvgIpc) is 2.45. The lowest BCUT2D eigenvalue weighted by Crippen LogP contribution is -2.01. The van der Waals surface area contributed by atoms with E-state index in [0.29, 0.717) is 0 Å². The Morgan fingerprint density at radius 1 is 1.14 bits per heavy atom. The van der Waals surface area contributed by atoms with Gasteiger partial charge in [0.1, 0.15) is 12.4 Å². The van der Waals surface area contributed by atoms with Crippen molar-refractivity contribution in [1.82, 2.24) is 0 Å². The van der Waals surface area contributed by atoms with Crippen LogP contribution in [0.2, 0.25) is 0 Å². The molecule has 0 aliphatic heterocycles. The Morgan fingerprint density at radius 3 is 2.38 bits per heavy atom. The molecule has 2 aromatic rings. The van der Waals surface area contributed by atoms with Crippen LogP contribution in [-0.2, 0) is 15.7 Å². The van der Waals surface area contributed by atoms with Crippen LogP contribution in [0.5, 0.6) is 5.75 Å². The van der Waals surface area contributed by atoms with E-state index in [1.54, 1.807) is 0 Å². The van der Waals surface area contributed by atoms with Crippen LogP contribution in [0.4, 0.5) is 5.69 Å². The van der Waals surface area contributed by atoms with E-state index in [1.165, 1.54) is 6.07 Å². The van der Waals surface area contributed by atoms with Crippen LogP contribution in [0.3, 0.4) is 0 Å². The van der Waals surface area contributed by atoms with Gasteiger partial charge in [-0.3, -0.25) is 10.1 Å². The van der Waals surface area contributed by atoms with E-state index in [-0.39, 0.29) is 12.4 Å². The zero-order valence-corrected chi connectivity index (χ0v) is 12.2. The zero-order chi connectivity index (χ0) is 15.5. The highest BCUT2D eigenvalue weighted by Gasteiger charge is 2.24. The fraction of sp³-hybridized carbons (Fsp3) is 0.0769. The summed E-state index contributed by atoms with van der Waals surface area (Å²) < 4.78 is 28.2. The summed E-state index contributed by atoms with van der Waals surface area (Å²) in [5, 5.41) is 10.8. The van der Waals surface area contributed by atoms with Gasteiger partial charge in [0, 0.05) is 22.8 Å². The van der Waals surface area contributed by atoms with Crippen molar-refractivity contribution in [1.29, 1.82) is 0 Å². The third kappa shape index (κ3) is 3.93. The van der Waals surface area contributed by atoms with E-state index >= 15 is 0 Å². The summed E-state index contributed by atoms with van der Waals surface area (Å²) in [5.74, 6) is 0.184. The largest absolute Gasteiger partial charge is 0.489 e. The molecule has 0 N–H and O–H groups in total. The second-order valence-corrected chi connectivity index (χ2v) is 6.63. The molecule has 8 heteroatoms. The molecular weight excluding hydrogens is 318 g/mol. The van der Waals surface area contributed by atoms with Crippen LogP contribution in [0.25, 0.3) is 0 Å². The van der Waals surface area contributed by atoms with Crippen LogP contribution in [0, 0.1) is 10.1 Å². The van der Waals surface area contributed by atoms with Gasteiger partial charge in [0.05, 0.1) is 4.92 Å². The summed E-state index contributed by atoms with van der Waals surface area (Å²) in [6.07, 6.45) is 0. The standard InChI is InChI=1S/C13H10ClNO5S/c14-21(18,19)13-8-11(6-7-12(13)15(16)17)20-9-10-4-2-1-3-5-10/h1-8H,9H2. The van der Waals surface area contributed by atoms with Crippen molar-refractivity contribution in [3.8, 4) is 5.75 Å². The summed E-state index contributed by atoms with van der Waals surface area (Å²) in [6.45, 7) is 0.209. The summed E-state index contributed by atoms with van der Waals surface area (Å²) in [7, 11) is 0.976. The van der Waals surface area contributed by atoms with E-state index in [4.69, 9.17) is 15.4 Å². The molecule has 0 unspecified atom stereocenters. The van der Waals surface area contributed by atoms with Gasteiger partial charge in [0.15, 0.2) is 4.90 Å². The molecular formula is C13H10ClNO5S. The first kappa shape index (κ1) is 15.3. The van der Waals surface area contributed by atoms with Crippen molar-refractivity contribution >= 4 is 25.4 Å². The first-order valence-corrected chi connectivity index (χ1v) is 8.08. The minimum atomic E-state index is -4.23. The first-order valence-electron chi connectivity index (χ1n) is 5.78. The topological polar surface area (TPSA) is 86.5 Å². The molecule has 110 valence electrons. The third-order valence-corrected chi connectivity index (χ3v) is 3.99. The van der Waals surface area contributed by atoms with Gasteiger partial charge >= 0.3 is 0 Å². The lowest BCUT2D eigenvalue weighted by atomic mass is 10.2. The second kappa shape index (κ2) is 6.11. The van der Waals surface area contributed by atoms with Gasteiger partial charge < -0.3 is 4.74 Å². The molecule has 6 nitrogen and oxygen atoms in total. The van der Waals surface area contributed by atoms with Gasteiger partial charge in [-0.05, 0) is 11.6 Å². The van der Waals surface area contributed by atoms with Gasteiger partial charge in [-0.25, -0.2) is 8.42 Å². The smallest absolute Gasteiger partial charge is 0.289 e. The Bertz CT molecular complexity index is 761. The highest BCUT2D eigenvalue weighted by molar-refractivity contribution is 8.13. The van der Waals surface area contributed by atoms with Crippen molar-refractivity contribution in [2.45, 2.75) is 11.5 Å². The highest BCUT2D eigenvalue weighted by Crippen LogP contribution is 2.30. The van der Waals surface area contributed by atoms with E-state index < -0.39 is 24.6 Å². The van der Waals surface area contributed by atoms with Crippen molar-refractivity contribution in [3.63, 3.8) is 0 Å². The minimum Gasteiger partial charge on any atom is -0.489 e. The van der Waals surface area contributed by atoms with E-state index in [1.807, 2.05) is 30.3 Å². The first-order chi connectivity index (χ1) is 9.88. The molecule has 2 aromatic carbocycles. The van der Waals surface area contributed by atoms with Gasteiger partial charge in [-0.1, -0.05) is 30.3 Å². The predicted octanol–water partition coefficient (Wildman–Crippen LogP) is 3.10. The normalized spacial score (nSPS) is 11.1. The van der Waals surface area contributed by atoms with Gasteiger partial charge in [0.25, 0.3) is 14.7 Å². The quantitative estimate of drug-likeness (QED) is 0.478. The number of hydrogen-bond acceptors (Lipinski definition) is 5. The lowest BCUT2D eigenvalue weighted by molar-refractivity contribution is -0.387. The number of nitrogens with zero attached hydrogens (tertiary/aromatic N) is 1. The van der Waals surface area contributed by atoms with Crippen LogP contribution in [0.15, 0.2) is 53.4 Å². The number of benzene rings is 2. The molecule has 0 radical (unpaired) electrons. The highest BCUT2D eigenvalue weighted by atomic mass is 35.7. The molecule has 21 heavy (non-hydrogen) atoms. The van der Waals surface area contributed by atoms with Crippen LogP contribution in [0.1, 0.15) is 5.56 Å². The maximum Gasteiger partial charge on any atom is 0.289 e. The minimum absolute atomic E-state index is 0.184. The van der Waals surface area contributed by atoms with Crippen molar-refractivity contribution in [3.05, 3.63) is 64.2 Å². The summed E-state index contributed by atoms with van der Waals surface area (Å²) in [5.41, 5.74) is 0.295. The van der Waals surface area contributed by atoms with Crippen molar-refractivity contribution < 1.29 is 18.1 Å². The average molecular weight is 328 g/mol. The molecule has 0 aliphatic carbocycles. The van der Waals surface area contributed by atoms with Gasteiger partial charge in [-0.2, -0.15) is 0 Å². The maximum absolute atomic E-state index is 11.4. The van der Waals surface area contributed by atoms with E-state index in [0.717, 1.165) is 17.7 Å². The molecule has 0 spiro atoms. The molecule has 0 bridgehead atoms. The molecule has 0 amide bonds. The molecule has 0 atom stereocenters. The number of halogens is 1. The predicted molar refractivity (Wildman–Crippen MR) is 76.9 cm³/mol. The fourth-order valence-corrected chi connectivity index (χ4v) is 2.69. The Kier molecular flexibility index (Phi) is 4.44. The lowest BCUT2D eigenvalue weighted by Gasteiger charge is -2.07. The number of ether oxygens (including phenoxy) is 1. The maximum atomic E-state index is 11.4. The van der Waals surface area contributed by atoms with Crippen LogP contribution >= 0.6 is 10.7 Å². The molecule has 0 heterocycles. The van der Waals surface area contributed by atoms with Crippen molar-refractivity contribution in [2.75, 3.05) is 0 Å². The summed E-state index contributed by atoms with van der Waals surface area (Å²) in [4.78, 5) is 9.41. The molecule has 0 aromatic heterocycles. The summed E-state index contributed by atoms with van der Waals surface area (Å²) in [6, 6.07) is 12.6. The second-order valence-electron chi connectivity index (χ2n) is 4.10. The third-order valence-electron chi connectivity index (χ3n) is 2.64. The molecule has 0 fully saturated rings. The monoisotopic (exact) mass is 327 g/mol. The van der Waals surface area contributed by atoms with E-state index in [2.05, 4.69) is 0 Å². The van der Waals surface area contributed by atoms with Crippen LogP contribution < -0.4 is 4.74 Å². The molecule has 2 rings (SSSR count). The Balaban J connectivity index is 2.28. The Hall–Kier alpha value is -2.12. The molecule has 0 aliphatic rings. The molecule has 0 saturated heterocycles. The summed E-state index contributed by atoms with van der Waals surface area (Å²) >= 11 is 0. The zero-order valence-electron chi connectivity index (χ0n) is 10.6. The SMILES string of the molecule is O=[N+]([O-])c1ccc(OCc2ccccc2)cc1S(=O)(=O)Cl. The van der Waals surface area contributed by atoms with Gasteiger partial charge in [-0.15, -0.1) is 0 Å². The Morgan fingerprint density at radius 2 is 1.81 bits per heavy atom. The number of hydrogen-bond donors (Lipinski definition) is 0. The fourth-order valence-electron chi connectivity index (χ4n) is 1.67. The van der Waals surface area contributed by atoms with E-state index in [9.17, 15) is 18.5 Å².